The Labute approximate surface area is 254 Å². The maximum absolute atomic E-state index is 12.8. The standard InChI is InChI=1S/C31H37N9O4/c1-31(2,3)44-25(41)17-24(39-30(42)43-18-21-11-5-4-6-12-21)40-20-36-26-27(34-19-35-28(26)40)32-15-9-10-16-33-29-37-22-13-7-8-14-23(22)38-29/h4-8,11-14,19-20,24H,9-10,15-18H2,1-3H3,(H,39,42)(H,32,34,35)(H2,33,37,38). The van der Waals surface area contributed by atoms with Gasteiger partial charge < -0.3 is 30.4 Å². The van der Waals surface area contributed by atoms with Crippen molar-refractivity contribution in [2.24, 2.45) is 0 Å². The maximum Gasteiger partial charge on any atom is 0.409 e. The Hall–Kier alpha value is -5.20. The molecule has 5 aromatic rings. The van der Waals surface area contributed by atoms with Gasteiger partial charge in [0.25, 0.3) is 0 Å². The van der Waals surface area contributed by atoms with Crippen molar-refractivity contribution in [2.45, 2.75) is 58.4 Å². The first-order valence-electron chi connectivity index (χ1n) is 14.5. The van der Waals surface area contributed by atoms with Crippen LogP contribution in [-0.4, -0.2) is 60.2 Å². The fourth-order valence-corrected chi connectivity index (χ4v) is 4.57. The first-order chi connectivity index (χ1) is 21.2. The number of unbranched alkanes of at least 4 members (excludes halogenated alkanes) is 1. The number of fused-ring (bicyclic) bond motifs is 2. The number of aromatic nitrogens is 6. The van der Waals surface area contributed by atoms with Gasteiger partial charge in [-0.25, -0.2) is 24.7 Å². The Kier molecular flexibility index (Phi) is 9.52. The van der Waals surface area contributed by atoms with E-state index in [1.54, 1.807) is 25.3 Å². The van der Waals surface area contributed by atoms with Gasteiger partial charge in [-0.1, -0.05) is 42.5 Å². The van der Waals surface area contributed by atoms with E-state index in [-0.39, 0.29) is 13.0 Å². The van der Waals surface area contributed by atoms with Crippen molar-refractivity contribution in [3.8, 4) is 0 Å². The normalized spacial score (nSPS) is 12.2. The summed E-state index contributed by atoms with van der Waals surface area (Å²) in [6.07, 6.45) is 3.01. The fraction of sp³-hybridized carbons (Fsp3) is 0.355. The van der Waals surface area contributed by atoms with E-state index in [4.69, 9.17) is 9.47 Å². The summed E-state index contributed by atoms with van der Waals surface area (Å²) in [6, 6.07) is 17.2. The van der Waals surface area contributed by atoms with Gasteiger partial charge >= 0.3 is 12.1 Å². The molecule has 13 nitrogen and oxygen atoms in total. The number of benzene rings is 2. The monoisotopic (exact) mass is 599 g/mol. The number of nitrogens with one attached hydrogen (secondary N) is 4. The molecule has 0 spiro atoms. The van der Waals surface area contributed by atoms with E-state index < -0.39 is 23.8 Å². The van der Waals surface area contributed by atoms with Crippen LogP contribution < -0.4 is 16.0 Å². The number of carbonyl (C=O) groups is 2. The van der Waals surface area contributed by atoms with E-state index in [1.165, 1.54) is 12.7 Å². The van der Waals surface area contributed by atoms with E-state index in [1.807, 2.05) is 54.6 Å². The molecule has 0 radical (unpaired) electrons. The van der Waals surface area contributed by atoms with Crippen LogP contribution in [0.1, 0.15) is 51.8 Å². The molecule has 1 amide bonds. The highest BCUT2D eigenvalue weighted by molar-refractivity contribution is 5.83. The van der Waals surface area contributed by atoms with Crippen molar-refractivity contribution in [2.75, 3.05) is 23.7 Å². The van der Waals surface area contributed by atoms with Gasteiger partial charge in [0, 0.05) is 13.1 Å². The summed E-state index contributed by atoms with van der Waals surface area (Å²) in [5.74, 6) is 0.818. The molecule has 0 fully saturated rings. The van der Waals surface area contributed by atoms with Gasteiger partial charge in [0.2, 0.25) is 5.95 Å². The Bertz CT molecular complexity index is 1660. The number of rotatable bonds is 13. The predicted molar refractivity (Wildman–Crippen MR) is 167 cm³/mol. The first kappa shape index (κ1) is 30.3. The van der Waals surface area contributed by atoms with Crippen LogP contribution in [0.15, 0.2) is 67.3 Å². The number of esters is 1. The number of aromatic amines is 1. The summed E-state index contributed by atoms with van der Waals surface area (Å²) in [4.78, 5) is 46.6. The minimum absolute atomic E-state index is 0.0839. The molecule has 3 aromatic heterocycles. The number of imidazole rings is 2. The lowest BCUT2D eigenvalue weighted by Gasteiger charge is -2.23. The predicted octanol–water partition coefficient (Wildman–Crippen LogP) is 5.16. The molecule has 0 saturated heterocycles. The zero-order valence-electron chi connectivity index (χ0n) is 25.0. The van der Waals surface area contributed by atoms with Gasteiger partial charge in [0.05, 0.1) is 23.8 Å². The molecular formula is C31H37N9O4. The molecule has 1 atom stereocenters. The molecule has 13 heteroatoms. The first-order valence-corrected chi connectivity index (χ1v) is 14.5. The maximum atomic E-state index is 12.8. The van der Waals surface area contributed by atoms with E-state index >= 15 is 0 Å². The largest absolute Gasteiger partial charge is 0.460 e. The molecule has 230 valence electrons. The van der Waals surface area contributed by atoms with Crippen molar-refractivity contribution in [1.82, 2.24) is 34.8 Å². The van der Waals surface area contributed by atoms with Crippen LogP contribution in [0, 0.1) is 0 Å². The zero-order chi connectivity index (χ0) is 30.9. The Morgan fingerprint density at radius 3 is 2.48 bits per heavy atom. The molecule has 0 aliphatic rings. The van der Waals surface area contributed by atoms with Crippen molar-refractivity contribution >= 4 is 46.0 Å². The quantitative estimate of drug-likeness (QED) is 0.105. The topological polar surface area (TPSA) is 161 Å². The SMILES string of the molecule is CC(C)(C)OC(=O)CC(NC(=O)OCc1ccccc1)n1cnc2c(NCCCCNc3nc4ccccc4[nH]3)ncnc21. The smallest absolute Gasteiger partial charge is 0.409 e. The van der Waals surface area contributed by atoms with Crippen molar-refractivity contribution in [3.63, 3.8) is 0 Å². The molecule has 0 aliphatic carbocycles. The molecule has 4 N–H and O–H groups in total. The number of hydrogen-bond donors (Lipinski definition) is 4. The summed E-state index contributed by atoms with van der Waals surface area (Å²) in [5, 5.41) is 9.42. The van der Waals surface area contributed by atoms with Crippen molar-refractivity contribution in [3.05, 3.63) is 72.8 Å². The van der Waals surface area contributed by atoms with Gasteiger partial charge in [0.1, 0.15) is 30.2 Å². The van der Waals surface area contributed by atoms with Gasteiger partial charge in [0.15, 0.2) is 11.5 Å². The summed E-state index contributed by atoms with van der Waals surface area (Å²) < 4.78 is 12.6. The van der Waals surface area contributed by atoms with E-state index in [0.717, 1.165) is 41.9 Å². The van der Waals surface area contributed by atoms with Gasteiger partial charge in [-0.3, -0.25) is 9.36 Å². The van der Waals surface area contributed by atoms with Crippen LogP contribution in [0.3, 0.4) is 0 Å². The van der Waals surface area contributed by atoms with Gasteiger partial charge in [-0.2, -0.15) is 0 Å². The number of amides is 1. The fourth-order valence-electron chi connectivity index (χ4n) is 4.57. The number of ether oxygens (including phenoxy) is 2. The number of para-hydroxylation sites is 2. The van der Waals surface area contributed by atoms with Crippen LogP contribution in [0.4, 0.5) is 16.6 Å². The van der Waals surface area contributed by atoms with Gasteiger partial charge in [-0.05, 0) is 51.3 Å². The number of hydrogen-bond acceptors (Lipinski definition) is 10. The molecular weight excluding hydrogens is 562 g/mol. The molecule has 1 unspecified atom stereocenters. The Morgan fingerprint density at radius 1 is 0.955 bits per heavy atom. The molecule has 5 rings (SSSR count). The second-order valence-corrected chi connectivity index (χ2v) is 11.2. The minimum Gasteiger partial charge on any atom is -0.460 e. The third kappa shape index (κ3) is 8.21. The van der Waals surface area contributed by atoms with E-state index in [0.29, 0.717) is 23.5 Å². The van der Waals surface area contributed by atoms with E-state index in [2.05, 4.69) is 40.9 Å². The molecule has 0 saturated carbocycles. The molecule has 44 heavy (non-hydrogen) atoms. The second kappa shape index (κ2) is 13.8. The van der Waals surface area contributed by atoms with E-state index in [9.17, 15) is 9.59 Å². The highest BCUT2D eigenvalue weighted by atomic mass is 16.6. The molecule has 0 bridgehead atoms. The number of anilines is 2. The highest BCUT2D eigenvalue weighted by Gasteiger charge is 2.26. The molecule has 3 heterocycles. The summed E-state index contributed by atoms with van der Waals surface area (Å²) >= 11 is 0. The third-order valence-electron chi connectivity index (χ3n) is 6.55. The van der Waals surface area contributed by atoms with Gasteiger partial charge in [-0.15, -0.1) is 0 Å². The van der Waals surface area contributed by atoms with Crippen molar-refractivity contribution < 1.29 is 19.1 Å². The summed E-state index contributed by atoms with van der Waals surface area (Å²) in [6.45, 7) is 6.86. The number of nitrogens with zero attached hydrogens (tertiary/aromatic N) is 5. The number of alkyl carbamates (subject to hydrolysis) is 1. The Balaban J connectivity index is 1.20. The van der Waals surface area contributed by atoms with Crippen LogP contribution in [-0.2, 0) is 20.9 Å². The second-order valence-electron chi connectivity index (χ2n) is 11.2. The lowest BCUT2D eigenvalue weighted by atomic mass is 10.2. The number of carbonyl (C=O) groups excluding carboxylic acids is 2. The van der Waals surface area contributed by atoms with Crippen LogP contribution in [0.2, 0.25) is 0 Å². The summed E-state index contributed by atoms with van der Waals surface area (Å²) in [5.41, 5.74) is 3.04. The van der Waals surface area contributed by atoms with Crippen LogP contribution in [0.5, 0.6) is 0 Å². The molecule has 0 aliphatic heterocycles. The summed E-state index contributed by atoms with van der Waals surface area (Å²) in [7, 11) is 0. The average molecular weight is 600 g/mol. The zero-order valence-corrected chi connectivity index (χ0v) is 25.0. The third-order valence-corrected chi connectivity index (χ3v) is 6.55. The van der Waals surface area contributed by atoms with Crippen molar-refractivity contribution in [1.29, 1.82) is 0 Å². The van der Waals surface area contributed by atoms with Crippen LogP contribution >= 0.6 is 0 Å². The van der Waals surface area contributed by atoms with Crippen LogP contribution in [0.25, 0.3) is 22.2 Å². The minimum atomic E-state index is -0.856. The average Bonchev–Trinajstić information content (AvgIpc) is 3.62. The number of H-pyrrole nitrogens is 1. The lowest BCUT2D eigenvalue weighted by Crippen LogP contribution is -2.36. The lowest BCUT2D eigenvalue weighted by molar-refractivity contribution is -0.155. The Morgan fingerprint density at radius 2 is 1.70 bits per heavy atom. The molecule has 2 aromatic carbocycles. The highest BCUT2D eigenvalue weighted by Crippen LogP contribution is 2.23.